The molecule has 0 amide bonds. The summed E-state index contributed by atoms with van der Waals surface area (Å²) in [6, 6.07) is 76.1. The van der Waals surface area contributed by atoms with E-state index in [1.807, 2.05) is 158 Å². The molecule has 4 saturated carbocycles. The fraction of sp³-hybridized carbons (Fsp3) is 0.390. The first-order valence-corrected chi connectivity index (χ1v) is 52.8. The van der Waals surface area contributed by atoms with Gasteiger partial charge >= 0.3 is 0 Å². The SMILES string of the molecule is Cc1cccc(-c2cnc3ccc(NC4CCC(C(C)(C)O)CC4)nn23)c1.Cc1cccc(-c2cnc3ccc(NC4CCC(C)(O)CC4)nn23)c1.Cc1cccc(-c2cnc3ccc(NC4CCC(CO)CC4)nn23)c1.Cc1cccc(-c2cnc3ccc(NC4CCC(O)CC4)nn23)c1.Cc1cccc(-c2cnc3ccc(NC4CCOCC4)nn23)c1.Cc1cccc(-c2cnc3ccc(OCC4CCOCC4)nn23)c1. The number of aliphatic hydroxyl groups is 4. The Balaban J connectivity index is 0.000000112. The van der Waals surface area contributed by atoms with Crippen LogP contribution in [0.4, 0.5) is 29.1 Å². The number of ether oxygens (including phenoxy) is 3. The summed E-state index contributed by atoms with van der Waals surface area (Å²) in [6.45, 7) is 22.6. The van der Waals surface area contributed by atoms with Crippen LogP contribution >= 0.6 is 0 Å². The van der Waals surface area contributed by atoms with E-state index < -0.39 is 11.2 Å². The summed E-state index contributed by atoms with van der Waals surface area (Å²) in [4.78, 5) is 26.8. The van der Waals surface area contributed by atoms with Gasteiger partial charge in [-0.05, 0) is 312 Å². The second-order valence-corrected chi connectivity index (χ2v) is 41.8. The van der Waals surface area contributed by atoms with Crippen molar-refractivity contribution < 1.29 is 34.6 Å². The van der Waals surface area contributed by atoms with E-state index in [1.54, 1.807) is 0 Å². The van der Waals surface area contributed by atoms with Crippen LogP contribution in [0.5, 0.6) is 5.88 Å². The molecule has 14 heterocycles. The van der Waals surface area contributed by atoms with Crippen molar-refractivity contribution in [1.29, 1.82) is 0 Å². The minimum atomic E-state index is -0.582. The third-order valence-electron chi connectivity index (χ3n) is 29.4. The predicted octanol–water partition coefficient (Wildman–Crippen LogP) is 22.2. The molecule has 2 aliphatic heterocycles. The summed E-state index contributed by atoms with van der Waals surface area (Å²) in [5, 5.41) is 85.3. The minimum absolute atomic E-state index is 0.139. The minimum Gasteiger partial charge on any atom is -0.476 e. The summed E-state index contributed by atoms with van der Waals surface area (Å²) < 4.78 is 28.1. The Morgan fingerprint density at radius 1 is 0.324 bits per heavy atom. The van der Waals surface area contributed by atoms with E-state index in [2.05, 4.69) is 249 Å². The Hall–Kier alpha value is -14.4. The summed E-state index contributed by atoms with van der Waals surface area (Å²) >= 11 is 0. The van der Waals surface area contributed by atoms with Crippen molar-refractivity contribution in [3.8, 4) is 73.4 Å². The number of rotatable bonds is 21. The first kappa shape index (κ1) is 102. The number of benzene rings is 6. The third kappa shape index (κ3) is 26.2. The van der Waals surface area contributed by atoms with Crippen LogP contribution in [0.15, 0.2) is 256 Å². The van der Waals surface area contributed by atoms with Crippen LogP contribution in [0.1, 0.15) is 183 Å². The molecule has 6 aliphatic rings. The lowest BCUT2D eigenvalue weighted by molar-refractivity contribution is -0.000428. The van der Waals surface area contributed by atoms with Gasteiger partial charge < -0.3 is 61.2 Å². The smallest absolute Gasteiger partial charge is 0.231 e. The lowest BCUT2D eigenvalue weighted by Gasteiger charge is -2.36. The Kier molecular flexibility index (Phi) is 32.6. The van der Waals surface area contributed by atoms with Crippen LogP contribution in [0.2, 0.25) is 0 Å². The number of aromatic nitrogens is 18. The zero-order chi connectivity index (χ0) is 102. The van der Waals surface area contributed by atoms with Gasteiger partial charge in [0.25, 0.3) is 0 Å². The number of hydrogen-bond donors (Lipinski definition) is 9. The van der Waals surface area contributed by atoms with Gasteiger partial charge in [0.2, 0.25) is 5.88 Å². The molecule has 2 saturated heterocycles. The van der Waals surface area contributed by atoms with Crippen molar-refractivity contribution >= 4 is 63.0 Å². The molecule has 6 fully saturated rings. The number of imidazole rings is 6. The maximum Gasteiger partial charge on any atom is 0.231 e. The van der Waals surface area contributed by atoms with Crippen molar-refractivity contribution in [3.63, 3.8) is 0 Å². The van der Waals surface area contributed by atoms with Crippen LogP contribution in [0.25, 0.3) is 101 Å². The lowest BCUT2D eigenvalue weighted by atomic mass is 9.77. The van der Waals surface area contributed by atoms with Crippen LogP contribution in [-0.4, -0.2) is 195 Å². The van der Waals surface area contributed by atoms with E-state index in [-0.39, 0.29) is 6.10 Å². The predicted molar refractivity (Wildman–Crippen MR) is 586 cm³/mol. The standard InChI is InChI=1S/C22H28N4O.2C20H24N4O.C19H22N4O.C19H21N3O2.C18H20N4O/c1-15-5-4-6-16(13-15)19-14-23-21-12-11-20(25-26(19)21)24-18-9-7-17(8-10-18)22(2,3)27;1-14-4-3-5-15(12-14)17-13-21-19-7-6-18(23-24(17)19)22-16-8-10-20(2,25)11-9-16;1-14-3-2-4-16(11-14)18-12-21-20-10-9-19(23-24(18)20)22-17-7-5-15(13-25)6-8-17;1-13-3-2-4-14(11-13)17-12-20-19-10-9-18(22-23(17)19)21-15-5-7-16(24)8-6-15;1-14-3-2-4-16(11-14)17-12-20-18-5-6-19(21-22(17)18)24-13-15-7-9-23-10-8-15;1-13-3-2-4-14(11-13)16-12-19-18-6-5-17(21-22(16)18)20-15-7-9-23-10-8-15/h4-6,11-14,17-18,27H,7-10H2,1-3H3,(H,24,25);3-7,12-13,16,25H,8-11H2,1-2H3,(H,22,23);2-4,9-12,15,17,25H,5-8,13H2,1H3,(H,22,23);2-4,9-12,15-16,24H,5-8H2,1H3,(H,21,22);2-6,11-12,15H,7-10,13H2,1H3;2-6,11-12,15H,7-10H2,1H3,(H,20,21). The van der Waals surface area contributed by atoms with Crippen LogP contribution in [0.3, 0.4) is 0 Å². The molecule has 0 atom stereocenters. The summed E-state index contributed by atoms with van der Waals surface area (Å²) in [5.41, 5.74) is 24.0. The first-order valence-electron chi connectivity index (χ1n) is 52.8. The van der Waals surface area contributed by atoms with Crippen molar-refractivity contribution in [2.24, 2.45) is 17.8 Å². The van der Waals surface area contributed by atoms with Crippen molar-refractivity contribution in [3.05, 3.63) is 289 Å². The molecule has 0 unspecified atom stereocenters. The molecule has 0 radical (unpaired) electrons. The largest absolute Gasteiger partial charge is 0.476 e. The molecule has 9 N–H and O–H groups in total. The fourth-order valence-corrected chi connectivity index (χ4v) is 20.7. The quantitative estimate of drug-likeness (QED) is 0.0323. The molecule has 30 heteroatoms. The molecule has 768 valence electrons. The maximum atomic E-state index is 10.2. The highest BCUT2D eigenvalue weighted by atomic mass is 16.5. The van der Waals surface area contributed by atoms with Gasteiger partial charge in [-0.3, -0.25) is 0 Å². The van der Waals surface area contributed by atoms with E-state index in [1.165, 1.54) is 33.4 Å². The Morgan fingerprint density at radius 2 is 0.588 bits per heavy atom. The molecule has 30 nitrogen and oxygen atoms in total. The molecular formula is C118H139N23O7. The number of aryl methyl sites for hydroxylation is 6. The zero-order valence-corrected chi connectivity index (χ0v) is 86.4. The molecule has 148 heavy (non-hydrogen) atoms. The zero-order valence-electron chi connectivity index (χ0n) is 86.4. The van der Waals surface area contributed by atoms with Crippen LogP contribution in [-0.2, 0) is 9.47 Å². The van der Waals surface area contributed by atoms with Crippen molar-refractivity contribution in [2.75, 3.05) is 66.2 Å². The Labute approximate surface area is 864 Å². The molecule has 18 aromatic rings. The average molecular weight is 1990 g/mol. The molecule has 12 aromatic heterocycles. The molecule has 0 spiro atoms. The molecular weight excluding hydrogens is 1850 g/mol. The molecule has 4 aliphatic carbocycles. The third-order valence-corrected chi connectivity index (χ3v) is 29.4. The number of nitrogens with one attached hydrogen (secondary N) is 5. The molecule has 0 bridgehead atoms. The van der Waals surface area contributed by atoms with Crippen molar-refractivity contribution in [2.45, 2.75) is 238 Å². The summed E-state index contributed by atoms with van der Waals surface area (Å²) in [7, 11) is 0. The van der Waals surface area contributed by atoms with E-state index in [4.69, 9.17) is 39.7 Å². The van der Waals surface area contributed by atoms with Crippen LogP contribution in [0, 0.1) is 59.3 Å². The van der Waals surface area contributed by atoms with Gasteiger partial charge in [-0.1, -0.05) is 143 Å². The van der Waals surface area contributed by atoms with Gasteiger partial charge in [0.15, 0.2) is 33.9 Å². The van der Waals surface area contributed by atoms with E-state index in [9.17, 15) is 20.4 Å². The molecule has 24 rings (SSSR count). The highest BCUT2D eigenvalue weighted by Crippen LogP contribution is 2.38. The second-order valence-electron chi connectivity index (χ2n) is 41.8. The molecule has 6 aromatic carbocycles. The lowest BCUT2D eigenvalue weighted by Crippen LogP contribution is -2.37. The summed E-state index contributed by atoms with van der Waals surface area (Å²) in [6.07, 6.45) is 31.1. The van der Waals surface area contributed by atoms with Gasteiger partial charge in [-0.25, -0.2) is 57.0 Å². The summed E-state index contributed by atoms with van der Waals surface area (Å²) in [5.74, 6) is 6.39. The van der Waals surface area contributed by atoms with Gasteiger partial charge in [0.05, 0.1) is 95.3 Å². The monoisotopic (exact) mass is 1990 g/mol. The Bertz CT molecular complexity index is 7460. The van der Waals surface area contributed by atoms with E-state index in [0.29, 0.717) is 67.1 Å². The number of anilines is 5. The fourth-order valence-electron chi connectivity index (χ4n) is 20.7. The van der Waals surface area contributed by atoms with Gasteiger partial charge in [-0.2, -0.15) is 0 Å². The first-order chi connectivity index (χ1) is 71.9. The van der Waals surface area contributed by atoms with E-state index in [0.717, 1.165) is 285 Å². The van der Waals surface area contributed by atoms with Crippen LogP contribution < -0.4 is 31.3 Å². The van der Waals surface area contributed by atoms with Gasteiger partial charge in [0, 0.05) is 103 Å². The maximum absolute atomic E-state index is 10.2. The van der Waals surface area contributed by atoms with E-state index >= 15 is 0 Å². The number of nitrogens with zero attached hydrogens (tertiary/aromatic N) is 18. The number of fused-ring (bicyclic) bond motifs is 6. The highest BCUT2D eigenvalue weighted by molar-refractivity contribution is 5.70. The van der Waals surface area contributed by atoms with Crippen molar-refractivity contribution in [1.82, 2.24) is 87.6 Å². The number of hydrogen-bond acceptors (Lipinski definition) is 24. The average Bonchev–Trinajstić information content (AvgIpc) is 1.65. The number of aliphatic hydroxyl groups excluding tert-OH is 2. The van der Waals surface area contributed by atoms with Gasteiger partial charge in [0.1, 0.15) is 29.1 Å². The topological polar surface area (TPSA) is 350 Å². The second kappa shape index (κ2) is 47.2. The normalized spacial score (nSPS) is 19.7. The van der Waals surface area contributed by atoms with Gasteiger partial charge in [-0.15, -0.1) is 30.6 Å². The highest BCUT2D eigenvalue weighted by Gasteiger charge is 2.33. The Morgan fingerprint density at radius 3 is 0.878 bits per heavy atom.